The van der Waals surface area contributed by atoms with E-state index in [-0.39, 0.29) is 35.3 Å². The van der Waals surface area contributed by atoms with Gasteiger partial charge in [0.25, 0.3) is 5.56 Å². The van der Waals surface area contributed by atoms with Gasteiger partial charge in [-0.15, -0.1) is 0 Å². The fourth-order valence-electron chi connectivity index (χ4n) is 6.34. The minimum Gasteiger partial charge on any atom is -0.490 e. The van der Waals surface area contributed by atoms with Crippen LogP contribution in [0.15, 0.2) is 29.3 Å². The number of halogens is 1. The Bertz CT molecular complexity index is 1550. The molecular formula is C29H32FN3O3. The number of benzene rings is 1. The fraction of sp³-hybridized carbons (Fsp3) is 0.448. The molecule has 2 aliphatic heterocycles. The van der Waals surface area contributed by atoms with Crippen LogP contribution in [0.2, 0.25) is 0 Å². The van der Waals surface area contributed by atoms with Crippen molar-refractivity contribution in [2.24, 2.45) is 0 Å². The van der Waals surface area contributed by atoms with E-state index < -0.39 is 5.60 Å². The molecule has 1 unspecified atom stereocenters. The van der Waals surface area contributed by atoms with Gasteiger partial charge in [-0.2, -0.15) is 0 Å². The van der Waals surface area contributed by atoms with Crippen molar-refractivity contribution >= 4 is 10.9 Å². The van der Waals surface area contributed by atoms with Gasteiger partial charge >= 0.3 is 0 Å². The number of fused-ring (bicyclic) bond motifs is 5. The quantitative estimate of drug-likeness (QED) is 0.419. The molecule has 7 heteroatoms. The lowest BCUT2D eigenvalue weighted by atomic mass is 9.81. The molecule has 0 spiro atoms. The highest BCUT2D eigenvalue weighted by Gasteiger charge is 2.42. The van der Waals surface area contributed by atoms with E-state index in [9.17, 15) is 14.3 Å². The largest absolute Gasteiger partial charge is 0.490 e. The van der Waals surface area contributed by atoms with Crippen LogP contribution in [-0.4, -0.2) is 20.2 Å². The zero-order chi connectivity index (χ0) is 25.7. The number of nitrogens with one attached hydrogen (secondary N) is 1. The second-order valence-electron chi connectivity index (χ2n) is 11.4. The van der Waals surface area contributed by atoms with Crippen LogP contribution in [0.1, 0.15) is 80.0 Å². The number of ether oxygens (including phenoxy) is 1. The Hall–Kier alpha value is -3.03. The highest BCUT2D eigenvalue weighted by molar-refractivity contribution is 5.93. The van der Waals surface area contributed by atoms with Crippen molar-refractivity contribution in [3.05, 3.63) is 74.0 Å². The van der Waals surface area contributed by atoms with E-state index in [2.05, 4.69) is 32.7 Å². The third-order valence-electron chi connectivity index (χ3n) is 8.15. The maximum Gasteiger partial charge on any atom is 0.258 e. The molecular weight excluding hydrogens is 457 g/mol. The molecule has 0 fully saturated rings. The molecule has 3 aliphatic rings. The summed E-state index contributed by atoms with van der Waals surface area (Å²) in [5.74, 6) is -0.00831. The Balaban J connectivity index is 1.67. The molecule has 0 amide bonds. The van der Waals surface area contributed by atoms with E-state index in [1.165, 1.54) is 6.07 Å². The van der Waals surface area contributed by atoms with E-state index in [1.807, 2.05) is 19.9 Å². The average Bonchev–Trinajstić information content (AvgIpc) is 3.18. The van der Waals surface area contributed by atoms with Crippen LogP contribution in [-0.2, 0) is 29.9 Å². The summed E-state index contributed by atoms with van der Waals surface area (Å²) in [7, 11) is 0. The van der Waals surface area contributed by atoms with Crippen LogP contribution in [0.5, 0.6) is 0 Å². The predicted molar refractivity (Wildman–Crippen MR) is 137 cm³/mol. The Labute approximate surface area is 209 Å². The zero-order valence-electron chi connectivity index (χ0n) is 21.5. The van der Waals surface area contributed by atoms with Gasteiger partial charge in [0.05, 0.1) is 29.0 Å². The Morgan fingerprint density at radius 2 is 2.06 bits per heavy atom. The van der Waals surface area contributed by atoms with Crippen molar-refractivity contribution < 1.29 is 14.2 Å². The summed E-state index contributed by atoms with van der Waals surface area (Å²) < 4.78 is 22.3. The molecule has 188 valence electrons. The third kappa shape index (κ3) is 3.08. The number of rotatable bonds is 2. The van der Waals surface area contributed by atoms with Crippen LogP contribution < -0.4 is 10.9 Å². The molecule has 4 heterocycles. The van der Waals surface area contributed by atoms with Crippen LogP contribution >= 0.6 is 0 Å². The highest BCUT2D eigenvalue weighted by Crippen LogP contribution is 2.47. The Kier molecular flexibility index (Phi) is 4.87. The Morgan fingerprint density at radius 3 is 2.75 bits per heavy atom. The molecule has 2 N–H and O–H groups in total. The first-order valence-corrected chi connectivity index (χ1v) is 12.7. The van der Waals surface area contributed by atoms with Gasteiger partial charge in [0, 0.05) is 34.2 Å². The number of hydrogen-bond donors (Lipinski definition) is 2. The van der Waals surface area contributed by atoms with Gasteiger partial charge in [0.1, 0.15) is 23.8 Å². The summed E-state index contributed by atoms with van der Waals surface area (Å²) in [6.45, 7) is 14.5. The predicted octanol–water partition coefficient (Wildman–Crippen LogP) is 4.89. The summed E-state index contributed by atoms with van der Waals surface area (Å²) >= 11 is 0. The highest BCUT2D eigenvalue weighted by atomic mass is 19.1. The first kappa shape index (κ1) is 23.4. The minimum absolute atomic E-state index is 0.0527. The van der Waals surface area contributed by atoms with Crippen molar-refractivity contribution in [3.63, 3.8) is 0 Å². The molecule has 0 bridgehead atoms. The van der Waals surface area contributed by atoms with Gasteiger partial charge in [-0.3, -0.25) is 4.79 Å². The number of aryl methyl sites for hydroxylation is 1. The van der Waals surface area contributed by atoms with Crippen LogP contribution in [0.25, 0.3) is 22.3 Å². The maximum absolute atomic E-state index is 15.0. The normalized spacial score (nSPS) is 22.3. The molecule has 3 aromatic rings. The lowest BCUT2D eigenvalue weighted by Gasteiger charge is -2.35. The summed E-state index contributed by atoms with van der Waals surface area (Å²) in [5, 5.41) is 16.2. The molecule has 6 nitrogen and oxygen atoms in total. The Morgan fingerprint density at radius 1 is 1.31 bits per heavy atom. The van der Waals surface area contributed by atoms with E-state index >= 15 is 0 Å². The van der Waals surface area contributed by atoms with E-state index in [0.717, 1.165) is 34.9 Å². The van der Waals surface area contributed by atoms with Crippen LogP contribution in [0.4, 0.5) is 4.39 Å². The SMILES string of the molecule is C=C1OCc2c(cc3n(c2=O)Cc2c-3nc3cc(F)c(C)c4c3c2C(NC(C)(C)C)CC4)[C@@]1(O)CC. The molecule has 0 saturated carbocycles. The van der Waals surface area contributed by atoms with Crippen LogP contribution in [0, 0.1) is 12.7 Å². The van der Waals surface area contributed by atoms with Gasteiger partial charge in [-0.1, -0.05) is 13.5 Å². The molecule has 36 heavy (non-hydrogen) atoms. The fourth-order valence-corrected chi connectivity index (χ4v) is 6.34. The maximum atomic E-state index is 15.0. The number of pyridine rings is 2. The van der Waals surface area contributed by atoms with Gasteiger partial charge in [0.2, 0.25) is 0 Å². The van der Waals surface area contributed by atoms with E-state index in [0.29, 0.717) is 46.6 Å². The molecule has 1 aromatic carbocycles. The number of hydrogen-bond acceptors (Lipinski definition) is 5. The van der Waals surface area contributed by atoms with E-state index in [1.54, 1.807) is 4.57 Å². The minimum atomic E-state index is -1.44. The van der Waals surface area contributed by atoms with Gasteiger partial charge < -0.3 is 19.7 Å². The van der Waals surface area contributed by atoms with Crippen molar-refractivity contribution in [2.75, 3.05) is 0 Å². The molecule has 0 radical (unpaired) electrons. The third-order valence-corrected chi connectivity index (χ3v) is 8.15. The monoisotopic (exact) mass is 489 g/mol. The number of aromatic nitrogens is 2. The second-order valence-corrected chi connectivity index (χ2v) is 11.4. The van der Waals surface area contributed by atoms with Gasteiger partial charge in [0.15, 0.2) is 0 Å². The summed E-state index contributed by atoms with van der Waals surface area (Å²) in [6.07, 6.45) is 1.94. The molecule has 0 saturated heterocycles. The van der Waals surface area contributed by atoms with Gasteiger partial charge in [-0.05, 0) is 69.7 Å². The summed E-state index contributed by atoms with van der Waals surface area (Å²) in [4.78, 5) is 18.7. The first-order valence-electron chi connectivity index (χ1n) is 12.7. The van der Waals surface area contributed by atoms with Crippen molar-refractivity contribution in [1.82, 2.24) is 14.9 Å². The zero-order valence-corrected chi connectivity index (χ0v) is 21.5. The molecule has 2 atom stereocenters. The summed E-state index contributed by atoms with van der Waals surface area (Å²) in [5.41, 5.74) is 4.96. The number of nitrogens with zero attached hydrogens (tertiary/aromatic N) is 2. The van der Waals surface area contributed by atoms with Crippen LogP contribution in [0.3, 0.4) is 0 Å². The van der Waals surface area contributed by atoms with Crippen molar-refractivity contribution in [2.45, 2.75) is 84.2 Å². The molecule has 6 rings (SSSR count). The first-order chi connectivity index (χ1) is 16.9. The summed E-state index contributed by atoms with van der Waals surface area (Å²) in [6, 6.07) is 3.44. The van der Waals surface area contributed by atoms with E-state index in [4.69, 9.17) is 9.72 Å². The van der Waals surface area contributed by atoms with Crippen molar-refractivity contribution in [3.8, 4) is 11.4 Å². The lowest BCUT2D eigenvalue weighted by molar-refractivity contribution is -0.0172. The number of aliphatic hydroxyl groups is 1. The van der Waals surface area contributed by atoms with Gasteiger partial charge in [-0.25, -0.2) is 9.37 Å². The smallest absolute Gasteiger partial charge is 0.258 e. The van der Waals surface area contributed by atoms with Crippen molar-refractivity contribution in [1.29, 1.82) is 0 Å². The topological polar surface area (TPSA) is 76.4 Å². The molecule has 1 aliphatic carbocycles. The second kappa shape index (κ2) is 7.49. The lowest BCUT2D eigenvalue weighted by Crippen LogP contribution is -2.40. The average molecular weight is 490 g/mol. The standard InChI is InChI=1S/C29H32FN3O3/c1-7-29(35)15(3)36-13-18-19(29)10-23-26-17(12-33(23)27(18)34)25-21(32-28(4,5)6)9-8-16-14(2)20(30)11-22(31-26)24(16)25/h10-11,21,32,35H,3,7-9,12-13H2,1-2,4-6H3/t21?,29-/m1/s1. The molecule has 2 aromatic heterocycles.